The second-order valence-electron chi connectivity index (χ2n) is 4.76. The average molecular weight is 396 g/mol. The van der Waals surface area contributed by atoms with Gasteiger partial charge in [0, 0.05) is 16.7 Å². The fourth-order valence-corrected chi connectivity index (χ4v) is 2.33. The van der Waals surface area contributed by atoms with E-state index in [0.717, 1.165) is 16.6 Å². The van der Waals surface area contributed by atoms with Crippen LogP contribution in [0.15, 0.2) is 46.9 Å². The molecule has 0 spiro atoms. The second kappa shape index (κ2) is 8.42. The summed E-state index contributed by atoms with van der Waals surface area (Å²) in [5.41, 5.74) is 0.650. The van der Waals surface area contributed by atoms with Gasteiger partial charge in [-0.1, -0.05) is 22.0 Å². The lowest BCUT2D eigenvalue weighted by atomic mass is 10.1. The Morgan fingerprint density at radius 2 is 1.92 bits per heavy atom. The monoisotopic (exact) mass is 395 g/mol. The van der Waals surface area contributed by atoms with E-state index in [9.17, 15) is 14.0 Å². The van der Waals surface area contributed by atoms with Gasteiger partial charge in [0.1, 0.15) is 5.82 Å². The van der Waals surface area contributed by atoms with E-state index < -0.39 is 17.8 Å². The molecule has 4 N–H and O–H groups in total. The van der Waals surface area contributed by atoms with E-state index in [0.29, 0.717) is 5.69 Å². The first-order chi connectivity index (χ1) is 11.5. The van der Waals surface area contributed by atoms with Gasteiger partial charge in [-0.3, -0.25) is 4.79 Å². The maximum Gasteiger partial charge on any atom is 0.323 e. The summed E-state index contributed by atoms with van der Waals surface area (Å²) < 4.78 is 14.2. The molecular formula is C16H15BrFN3O3. The number of carbonyl (C=O) groups is 2. The molecule has 2 aromatic rings. The highest BCUT2D eigenvalue weighted by atomic mass is 79.9. The summed E-state index contributed by atoms with van der Waals surface area (Å²) in [5, 5.41) is 16.2. The Kier molecular flexibility index (Phi) is 6.28. The number of urea groups is 1. The first kappa shape index (κ1) is 17.9. The third kappa shape index (κ3) is 5.04. The highest BCUT2D eigenvalue weighted by molar-refractivity contribution is 9.10. The Labute approximate surface area is 146 Å². The predicted octanol–water partition coefficient (Wildman–Crippen LogP) is 2.95. The number of aliphatic hydroxyl groups is 1. The Morgan fingerprint density at radius 3 is 2.62 bits per heavy atom. The number of anilines is 2. The molecule has 0 fully saturated rings. The maximum absolute atomic E-state index is 13.4. The van der Waals surface area contributed by atoms with Crippen LogP contribution in [0.1, 0.15) is 10.4 Å². The van der Waals surface area contributed by atoms with Gasteiger partial charge in [-0.25, -0.2) is 9.18 Å². The topological polar surface area (TPSA) is 90.5 Å². The number of hydrogen-bond donors (Lipinski definition) is 4. The van der Waals surface area contributed by atoms with Gasteiger partial charge in [-0.15, -0.1) is 0 Å². The van der Waals surface area contributed by atoms with Crippen LogP contribution in [0.25, 0.3) is 0 Å². The van der Waals surface area contributed by atoms with Crippen molar-refractivity contribution in [1.29, 1.82) is 0 Å². The molecule has 8 heteroatoms. The van der Waals surface area contributed by atoms with Crippen molar-refractivity contribution in [3.63, 3.8) is 0 Å². The van der Waals surface area contributed by atoms with Crippen molar-refractivity contribution >= 4 is 39.2 Å². The van der Waals surface area contributed by atoms with Crippen LogP contribution in [0.5, 0.6) is 0 Å². The molecule has 126 valence electrons. The van der Waals surface area contributed by atoms with Crippen molar-refractivity contribution in [1.82, 2.24) is 5.32 Å². The van der Waals surface area contributed by atoms with Crippen LogP contribution in [-0.2, 0) is 0 Å². The molecule has 0 unspecified atom stereocenters. The molecule has 0 heterocycles. The Morgan fingerprint density at radius 1 is 1.12 bits per heavy atom. The summed E-state index contributed by atoms with van der Waals surface area (Å²) in [7, 11) is 0. The van der Waals surface area contributed by atoms with Crippen molar-refractivity contribution in [2.45, 2.75) is 0 Å². The number of halogens is 2. The van der Waals surface area contributed by atoms with Gasteiger partial charge in [0.25, 0.3) is 5.91 Å². The molecule has 24 heavy (non-hydrogen) atoms. The van der Waals surface area contributed by atoms with Crippen LogP contribution < -0.4 is 16.0 Å². The first-order valence-electron chi connectivity index (χ1n) is 7.02. The summed E-state index contributed by atoms with van der Waals surface area (Å²) in [5.74, 6) is -1.12. The summed E-state index contributed by atoms with van der Waals surface area (Å²) in [6, 6.07) is 9.74. The molecule has 0 saturated carbocycles. The minimum Gasteiger partial charge on any atom is -0.395 e. The molecule has 0 aromatic heterocycles. The minimum absolute atomic E-state index is 0.0259. The zero-order valence-electron chi connectivity index (χ0n) is 12.5. The van der Waals surface area contributed by atoms with Crippen molar-refractivity contribution in [2.75, 3.05) is 23.8 Å². The molecular weight excluding hydrogens is 381 g/mol. The number of nitrogens with one attached hydrogen (secondary N) is 3. The molecule has 6 nitrogen and oxygen atoms in total. The highest BCUT2D eigenvalue weighted by Crippen LogP contribution is 2.19. The molecule has 0 saturated heterocycles. The SMILES string of the molecule is O=C(Nc1cccc(Br)c1)Nc1cc(F)ccc1C(=O)NCCO. The quantitative estimate of drug-likeness (QED) is 0.627. The van der Waals surface area contributed by atoms with E-state index in [1.807, 2.05) is 0 Å². The van der Waals surface area contributed by atoms with Crippen molar-refractivity contribution in [3.05, 3.63) is 58.3 Å². The molecule has 0 aliphatic rings. The maximum atomic E-state index is 13.4. The van der Waals surface area contributed by atoms with Crippen LogP contribution in [0.2, 0.25) is 0 Å². The third-order valence-corrected chi connectivity index (χ3v) is 3.45. The first-order valence-corrected chi connectivity index (χ1v) is 7.81. The van der Waals surface area contributed by atoms with Crippen molar-refractivity contribution in [3.8, 4) is 0 Å². The summed E-state index contributed by atoms with van der Waals surface area (Å²) >= 11 is 3.29. The molecule has 2 aromatic carbocycles. The Balaban J connectivity index is 2.14. The smallest absolute Gasteiger partial charge is 0.323 e. The predicted molar refractivity (Wildman–Crippen MR) is 92.6 cm³/mol. The normalized spacial score (nSPS) is 10.1. The molecule has 0 bridgehead atoms. The molecule has 0 aliphatic heterocycles. The van der Waals surface area contributed by atoms with E-state index in [2.05, 4.69) is 31.9 Å². The number of aliphatic hydroxyl groups excluding tert-OH is 1. The third-order valence-electron chi connectivity index (χ3n) is 2.95. The highest BCUT2D eigenvalue weighted by Gasteiger charge is 2.14. The van der Waals surface area contributed by atoms with E-state index in [4.69, 9.17) is 5.11 Å². The number of hydrogen-bond acceptors (Lipinski definition) is 3. The largest absolute Gasteiger partial charge is 0.395 e. The lowest BCUT2D eigenvalue weighted by Gasteiger charge is -2.12. The van der Waals surface area contributed by atoms with Crippen molar-refractivity contribution < 1.29 is 19.1 Å². The Hall–Kier alpha value is -2.45. The van der Waals surface area contributed by atoms with Crippen LogP contribution in [0, 0.1) is 5.82 Å². The van der Waals surface area contributed by atoms with Gasteiger partial charge in [0.05, 0.1) is 17.9 Å². The van der Waals surface area contributed by atoms with E-state index in [-0.39, 0.29) is 24.4 Å². The van der Waals surface area contributed by atoms with Gasteiger partial charge in [0.15, 0.2) is 0 Å². The number of amides is 3. The molecule has 0 aliphatic carbocycles. The van der Waals surface area contributed by atoms with E-state index in [1.54, 1.807) is 24.3 Å². The van der Waals surface area contributed by atoms with Gasteiger partial charge >= 0.3 is 6.03 Å². The van der Waals surface area contributed by atoms with Gasteiger partial charge in [0.2, 0.25) is 0 Å². The second-order valence-corrected chi connectivity index (χ2v) is 5.67. The molecule has 2 rings (SSSR count). The fraction of sp³-hybridized carbons (Fsp3) is 0.125. The van der Waals surface area contributed by atoms with E-state index >= 15 is 0 Å². The molecule has 0 radical (unpaired) electrons. The summed E-state index contributed by atoms with van der Waals surface area (Å²) in [6.45, 7) is -0.168. The van der Waals surface area contributed by atoms with Crippen LogP contribution >= 0.6 is 15.9 Å². The van der Waals surface area contributed by atoms with Crippen LogP contribution in [-0.4, -0.2) is 30.2 Å². The molecule has 3 amide bonds. The molecule has 0 atom stereocenters. The van der Waals surface area contributed by atoms with Gasteiger partial charge < -0.3 is 21.1 Å². The lowest BCUT2D eigenvalue weighted by Crippen LogP contribution is -2.28. The fourth-order valence-electron chi connectivity index (χ4n) is 1.93. The van der Waals surface area contributed by atoms with Crippen LogP contribution in [0.4, 0.5) is 20.6 Å². The van der Waals surface area contributed by atoms with Crippen molar-refractivity contribution in [2.24, 2.45) is 0 Å². The Bertz CT molecular complexity index is 755. The number of rotatable bonds is 5. The van der Waals surface area contributed by atoms with E-state index in [1.165, 1.54) is 6.07 Å². The van der Waals surface area contributed by atoms with Gasteiger partial charge in [-0.2, -0.15) is 0 Å². The lowest BCUT2D eigenvalue weighted by molar-refractivity contribution is 0.0945. The minimum atomic E-state index is -0.616. The standard InChI is InChI=1S/C16H15BrFN3O3/c17-10-2-1-3-12(8-10)20-16(24)21-14-9-11(18)4-5-13(14)15(23)19-6-7-22/h1-5,8-9,22H,6-7H2,(H,19,23)(H2,20,21,24). The number of benzene rings is 2. The average Bonchev–Trinajstić information content (AvgIpc) is 2.52. The summed E-state index contributed by atoms with van der Waals surface area (Å²) in [6.07, 6.45) is 0. The summed E-state index contributed by atoms with van der Waals surface area (Å²) in [4.78, 5) is 24.1. The zero-order valence-corrected chi connectivity index (χ0v) is 14.1. The zero-order chi connectivity index (χ0) is 17.5. The number of carbonyl (C=O) groups excluding carboxylic acids is 2. The van der Waals surface area contributed by atoms with Crippen LogP contribution in [0.3, 0.4) is 0 Å². The van der Waals surface area contributed by atoms with Gasteiger partial charge in [-0.05, 0) is 36.4 Å².